The molecule has 0 bridgehead atoms. The van der Waals surface area contributed by atoms with Crippen LogP contribution < -0.4 is 9.47 Å². The van der Waals surface area contributed by atoms with E-state index in [1.165, 1.54) is 64.2 Å². The monoisotopic (exact) mass is 796 g/mol. The Morgan fingerprint density at radius 1 is 0.694 bits per heavy atom. The molecule has 0 spiro atoms. The van der Waals surface area contributed by atoms with Crippen molar-refractivity contribution >= 4 is 22.6 Å². The van der Waals surface area contributed by atoms with Crippen molar-refractivity contribution in [1.29, 1.82) is 0 Å². The van der Waals surface area contributed by atoms with Crippen LogP contribution in [-0.2, 0) is 12.8 Å². The molecule has 0 radical (unpaired) electrons. The van der Waals surface area contributed by atoms with Crippen molar-refractivity contribution in [1.82, 2.24) is 0 Å². The second kappa shape index (κ2) is 19.0. The summed E-state index contributed by atoms with van der Waals surface area (Å²) in [4.78, 5) is 0. The van der Waals surface area contributed by atoms with Gasteiger partial charge >= 0.3 is 0 Å². The van der Waals surface area contributed by atoms with Gasteiger partial charge in [0.25, 0.3) is 0 Å². The summed E-state index contributed by atoms with van der Waals surface area (Å²) in [6, 6.07) is 0. The van der Waals surface area contributed by atoms with Crippen LogP contribution in [0.3, 0.4) is 0 Å². The van der Waals surface area contributed by atoms with Crippen molar-refractivity contribution in [2.45, 2.75) is 117 Å². The smallest absolute Gasteiger partial charge is 0.205 e. The number of fused-ring (bicyclic) bond motifs is 2. The second-order valence-corrected chi connectivity index (χ2v) is 14.7. The van der Waals surface area contributed by atoms with E-state index in [0.29, 0.717) is 53.1 Å². The van der Waals surface area contributed by atoms with Gasteiger partial charge in [-0.05, 0) is 111 Å². The molecule has 0 saturated heterocycles. The summed E-state index contributed by atoms with van der Waals surface area (Å²) in [6.07, 6.45) is 23.0. The first-order chi connectivity index (χ1) is 23.6. The minimum Gasteiger partial charge on any atom is -0.504 e. The van der Waals surface area contributed by atoms with Crippen LogP contribution in [0.1, 0.15) is 120 Å². The highest BCUT2D eigenvalue weighted by molar-refractivity contribution is 14.1. The maximum absolute atomic E-state index is 13.9. The van der Waals surface area contributed by atoms with Gasteiger partial charge in [-0.15, -0.1) is 12.3 Å². The number of phenolic OH excluding ortho intramolecular Hbond substituents is 2. The molecule has 2 aromatic rings. The number of terminal acetylenes is 1. The van der Waals surface area contributed by atoms with Gasteiger partial charge in [0.15, 0.2) is 23.0 Å². The number of hydrogen-bond donors (Lipinski definition) is 2. The van der Waals surface area contributed by atoms with Crippen molar-refractivity contribution < 1.29 is 37.2 Å². The van der Waals surface area contributed by atoms with Crippen molar-refractivity contribution in [2.75, 3.05) is 13.2 Å². The molecule has 2 fully saturated rings. The predicted molar refractivity (Wildman–Crippen MR) is 193 cm³/mol. The standard InChI is InChI=1S/C20H24F2O2.C11H18.C9H7F2IO2/c1-2-4-13-6-8-14(9-7-13)10-11-15-16-5-3-12-24-20(16)18(22)17(21)19(15)23;1-3-5-11-8-6-10(4-2)7-9-11;10-5-6(11)9-4(2-1-3-14-9)7(12)8(5)13/h13-14,23H,2-9,12H2,1H3;2,10-11H,3,5-9H2,1H3;13H,1-3H2. The molecular weight excluding hydrogens is 747 g/mol. The lowest BCUT2D eigenvalue weighted by molar-refractivity contribution is 0.263. The van der Waals surface area contributed by atoms with E-state index in [-0.39, 0.29) is 23.0 Å². The van der Waals surface area contributed by atoms with E-state index in [0.717, 1.165) is 31.1 Å². The molecule has 4 nitrogen and oxygen atoms in total. The van der Waals surface area contributed by atoms with Gasteiger partial charge in [0.1, 0.15) is 0 Å². The van der Waals surface area contributed by atoms with Gasteiger partial charge in [-0.1, -0.05) is 51.4 Å². The first kappa shape index (κ1) is 39.0. The van der Waals surface area contributed by atoms with Crippen molar-refractivity contribution in [3.63, 3.8) is 0 Å². The largest absolute Gasteiger partial charge is 0.504 e. The summed E-state index contributed by atoms with van der Waals surface area (Å²) in [7, 11) is 0. The third kappa shape index (κ3) is 9.93. The molecule has 2 aromatic carbocycles. The van der Waals surface area contributed by atoms with E-state index in [1.807, 2.05) is 0 Å². The molecule has 2 N–H and O–H groups in total. The zero-order valence-electron chi connectivity index (χ0n) is 28.7. The number of rotatable bonds is 4. The van der Waals surface area contributed by atoms with Crippen molar-refractivity contribution in [2.24, 2.45) is 23.7 Å². The fraction of sp³-hybridized carbons (Fsp3) is 0.600. The van der Waals surface area contributed by atoms with Gasteiger partial charge in [0.05, 0.1) is 22.3 Å². The Bertz CT molecular complexity index is 1490. The Balaban J connectivity index is 0.000000183. The van der Waals surface area contributed by atoms with Crippen LogP contribution in [0.15, 0.2) is 0 Å². The molecule has 4 aliphatic rings. The quantitative estimate of drug-likeness (QED) is 0.140. The number of benzene rings is 2. The number of phenols is 2. The summed E-state index contributed by atoms with van der Waals surface area (Å²) >= 11 is 1.79. The first-order valence-corrected chi connectivity index (χ1v) is 19.0. The highest BCUT2D eigenvalue weighted by Gasteiger charge is 2.28. The summed E-state index contributed by atoms with van der Waals surface area (Å²) < 4.78 is 64.8. The molecule has 9 heteroatoms. The zero-order chi connectivity index (χ0) is 35.5. The Kier molecular flexibility index (Phi) is 15.1. The molecule has 2 aliphatic carbocycles. The van der Waals surface area contributed by atoms with E-state index >= 15 is 0 Å². The van der Waals surface area contributed by atoms with Crippen LogP contribution in [0.5, 0.6) is 23.0 Å². The van der Waals surface area contributed by atoms with Gasteiger partial charge in [0.2, 0.25) is 23.3 Å². The molecule has 0 aromatic heterocycles. The Hall–Kier alpha value is -2.79. The fourth-order valence-corrected chi connectivity index (χ4v) is 8.08. The molecule has 2 aliphatic heterocycles. The molecule has 49 heavy (non-hydrogen) atoms. The van der Waals surface area contributed by atoms with Crippen molar-refractivity contribution in [3.05, 3.63) is 43.5 Å². The maximum atomic E-state index is 13.9. The summed E-state index contributed by atoms with van der Waals surface area (Å²) in [5.74, 6) is 5.55. The van der Waals surface area contributed by atoms with E-state index in [2.05, 4.69) is 31.6 Å². The minimum absolute atomic E-state index is 0.0454. The van der Waals surface area contributed by atoms with Gasteiger partial charge in [0, 0.05) is 23.0 Å². The van der Waals surface area contributed by atoms with Crippen LogP contribution >= 0.6 is 22.6 Å². The van der Waals surface area contributed by atoms with Crippen LogP contribution in [0.4, 0.5) is 17.6 Å². The van der Waals surface area contributed by atoms with Gasteiger partial charge < -0.3 is 19.7 Å². The molecule has 2 saturated carbocycles. The molecular formula is C40H49F4IO4. The van der Waals surface area contributed by atoms with Gasteiger partial charge in [-0.3, -0.25) is 0 Å². The van der Waals surface area contributed by atoms with E-state index in [4.69, 9.17) is 15.9 Å². The first-order valence-electron chi connectivity index (χ1n) is 17.9. The maximum Gasteiger partial charge on any atom is 0.205 e. The third-order valence-corrected chi connectivity index (χ3v) is 11.3. The third-order valence-electron chi connectivity index (χ3n) is 10.1. The average Bonchev–Trinajstić information content (AvgIpc) is 3.14. The summed E-state index contributed by atoms with van der Waals surface area (Å²) in [5, 5.41) is 19.3. The highest BCUT2D eigenvalue weighted by Crippen LogP contribution is 2.40. The summed E-state index contributed by atoms with van der Waals surface area (Å²) in [6.45, 7) is 5.24. The molecule has 2 heterocycles. The van der Waals surface area contributed by atoms with Crippen LogP contribution in [-0.4, -0.2) is 23.4 Å². The lowest BCUT2D eigenvalue weighted by atomic mass is 9.80. The van der Waals surface area contributed by atoms with E-state index in [1.54, 1.807) is 22.6 Å². The van der Waals surface area contributed by atoms with Crippen LogP contribution in [0.25, 0.3) is 0 Å². The zero-order valence-corrected chi connectivity index (χ0v) is 30.9. The highest BCUT2D eigenvalue weighted by atomic mass is 127. The fourth-order valence-electron chi connectivity index (χ4n) is 7.33. The van der Waals surface area contributed by atoms with Crippen LogP contribution in [0, 0.1) is 74.7 Å². The predicted octanol–water partition coefficient (Wildman–Crippen LogP) is 10.8. The Morgan fingerprint density at radius 3 is 1.67 bits per heavy atom. The SMILES string of the molecule is C#CC1CCC(CCC)CC1.CCCC1CCC(C#Cc2c(O)c(F)c(F)c3c2CCCO3)CC1.Oc1c(F)c(F)c2c(c1I)CCCO2. The van der Waals surface area contributed by atoms with Crippen LogP contribution in [0.2, 0.25) is 0 Å². The van der Waals surface area contributed by atoms with E-state index < -0.39 is 34.8 Å². The Morgan fingerprint density at radius 2 is 1.16 bits per heavy atom. The average molecular weight is 797 g/mol. The number of halogens is 5. The van der Waals surface area contributed by atoms with Gasteiger partial charge in [-0.2, -0.15) is 17.6 Å². The molecule has 6 rings (SSSR count). The normalized spacial score (nSPS) is 22.5. The Labute approximate surface area is 302 Å². The summed E-state index contributed by atoms with van der Waals surface area (Å²) in [5.41, 5.74) is 1.28. The molecule has 0 amide bonds. The van der Waals surface area contributed by atoms with Crippen molar-refractivity contribution in [3.8, 4) is 47.2 Å². The lowest BCUT2D eigenvalue weighted by Gasteiger charge is -2.25. The minimum atomic E-state index is -1.26. The van der Waals surface area contributed by atoms with E-state index in [9.17, 15) is 27.8 Å². The molecule has 0 atom stereocenters. The molecule has 268 valence electrons. The number of hydrogen-bond acceptors (Lipinski definition) is 4. The molecule has 0 unspecified atom stereocenters. The number of ether oxygens (including phenoxy) is 2. The number of aromatic hydroxyl groups is 2. The second-order valence-electron chi connectivity index (χ2n) is 13.6. The lowest BCUT2D eigenvalue weighted by Crippen LogP contribution is -2.14. The van der Waals surface area contributed by atoms with Gasteiger partial charge in [-0.25, -0.2) is 0 Å². The topological polar surface area (TPSA) is 58.9 Å².